The van der Waals surface area contributed by atoms with Crippen molar-refractivity contribution in [2.24, 2.45) is 0 Å². The van der Waals surface area contributed by atoms with Crippen molar-refractivity contribution in [2.75, 3.05) is 67.2 Å². The molecule has 0 saturated carbocycles. The maximum absolute atomic E-state index is 5.46. The van der Waals surface area contributed by atoms with E-state index in [1.807, 2.05) is 29.9 Å². The van der Waals surface area contributed by atoms with Gasteiger partial charge in [-0.2, -0.15) is 10.1 Å². The highest BCUT2D eigenvalue weighted by atomic mass is 16.5. The van der Waals surface area contributed by atoms with Gasteiger partial charge < -0.3 is 19.4 Å². The number of rotatable bonds is 3. The Balaban J connectivity index is 1.33. The van der Waals surface area contributed by atoms with Gasteiger partial charge in [0.2, 0.25) is 5.95 Å². The van der Waals surface area contributed by atoms with Crippen LogP contribution in [0.3, 0.4) is 0 Å². The van der Waals surface area contributed by atoms with Gasteiger partial charge in [0, 0.05) is 63.4 Å². The van der Waals surface area contributed by atoms with Gasteiger partial charge in [-0.1, -0.05) is 0 Å². The first-order valence-electron chi connectivity index (χ1n) is 9.74. The van der Waals surface area contributed by atoms with Gasteiger partial charge in [-0.3, -0.25) is 0 Å². The molecule has 0 bridgehead atoms. The third kappa shape index (κ3) is 3.22. The Hall–Kier alpha value is -2.94. The maximum atomic E-state index is 5.46. The smallest absolute Gasteiger partial charge is 0.227 e. The molecule has 2 aliphatic heterocycles. The van der Waals surface area contributed by atoms with Crippen LogP contribution in [0.1, 0.15) is 5.69 Å². The highest BCUT2D eigenvalue weighted by Crippen LogP contribution is 2.23. The second kappa shape index (κ2) is 7.23. The Morgan fingerprint density at radius 1 is 0.893 bits per heavy atom. The number of morpholine rings is 1. The standard InChI is InChI=1S/C19H24N8O/c1-15-14-17(24-10-12-28-13-11-24)23-19(22-15)26-8-6-25(7-9-26)18-16-2-3-21-27(16)5-4-20-18/h2-5,14H,6-13H2,1H3. The molecule has 0 unspecified atom stereocenters. The highest BCUT2D eigenvalue weighted by molar-refractivity contribution is 5.68. The Morgan fingerprint density at radius 2 is 1.68 bits per heavy atom. The lowest BCUT2D eigenvalue weighted by atomic mass is 10.3. The molecule has 5 heterocycles. The molecule has 9 nitrogen and oxygen atoms in total. The van der Waals surface area contributed by atoms with Gasteiger partial charge in [0.1, 0.15) is 11.3 Å². The van der Waals surface area contributed by atoms with Crippen LogP contribution in [0.15, 0.2) is 30.7 Å². The summed E-state index contributed by atoms with van der Waals surface area (Å²) in [6.07, 6.45) is 5.49. The molecule has 28 heavy (non-hydrogen) atoms. The second-order valence-electron chi connectivity index (χ2n) is 7.15. The van der Waals surface area contributed by atoms with E-state index in [1.165, 1.54) is 0 Å². The van der Waals surface area contributed by atoms with E-state index < -0.39 is 0 Å². The Labute approximate surface area is 163 Å². The zero-order valence-corrected chi connectivity index (χ0v) is 16.0. The lowest BCUT2D eigenvalue weighted by molar-refractivity contribution is 0.122. The number of anilines is 3. The van der Waals surface area contributed by atoms with Crippen molar-refractivity contribution in [3.8, 4) is 0 Å². The Kier molecular flexibility index (Phi) is 4.44. The molecule has 3 aromatic heterocycles. The first kappa shape index (κ1) is 17.2. The van der Waals surface area contributed by atoms with Crippen molar-refractivity contribution in [3.05, 3.63) is 36.4 Å². The summed E-state index contributed by atoms with van der Waals surface area (Å²) in [4.78, 5) is 21.0. The van der Waals surface area contributed by atoms with Crippen molar-refractivity contribution in [2.45, 2.75) is 6.92 Å². The summed E-state index contributed by atoms with van der Waals surface area (Å²) in [6, 6.07) is 4.07. The first-order valence-corrected chi connectivity index (χ1v) is 9.74. The molecule has 2 saturated heterocycles. The predicted octanol–water partition coefficient (Wildman–Crippen LogP) is 0.991. The molecular weight excluding hydrogens is 356 g/mol. The van der Waals surface area contributed by atoms with Gasteiger partial charge in [0.25, 0.3) is 0 Å². The Morgan fingerprint density at radius 3 is 2.50 bits per heavy atom. The lowest BCUT2D eigenvalue weighted by Crippen LogP contribution is -2.47. The largest absolute Gasteiger partial charge is 0.378 e. The van der Waals surface area contributed by atoms with E-state index in [0.717, 1.165) is 81.3 Å². The molecule has 0 aliphatic carbocycles. The Bertz CT molecular complexity index is 959. The molecule has 0 N–H and O–H groups in total. The third-order valence-electron chi connectivity index (χ3n) is 5.33. The summed E-state index contributed by atoms with van der Waals surface area (Å²) >= 11 is 0. The summed E-state index contributed by atoms with van der Waals surface area (Å²) < 4.78 is 7.33. The number of nitrogens with zero attached hydrogens (tertiary/aromatic N) is 8. The van der Waals surface area contributed by atoms with Crippen molar-refractivity contribution < 1.29 is 4.74 Å². The van der Waals surface area contributed by atoms with E-state index in [-0.39, 0.29) is 0 Å². The van der Waals surface area contributed by atoms with Crippen LogP contribution in [0.2, 0.25) is 0 Å². The number of fused-ring (bicyclic) bond motifs is 1. The van der Waals surface area contributed by atoms with Gasteiger partial charge in [0.05, 0.1) is 19.4 Å². The number of ether oxygens (including phenoxy) is 1. The normalized spacial score (nSPS) is 18.1. The van der Waals surface area contributed by atoms with Crippen LogP contribution >= 0.6 is 0 Å². The first-order chi connectivity index (χ1) is 13.8. The van der Waals surface area contributed by atoms with Gasteiger partial charge in [-0.25, -0.2) is 14.5 Å². The average Bonchev–Trinajstić information content (AvgIpc) is 3.23. The zero-order valence-electron chi connectivity index (χ0n) is 16.0. The van der Waals surface area contributed by atoms with E-state index in [2.05, 4.69) is 30.8 Å². The number of hydrogen-bond acceptors (Lipinski definition) is 8. The quantitative estimate of drug-likeness (QED) is 0.666. The molecule has 0 radical (unpaired) electrons. The van der Waals surface area contributed by atoms with Crippen LogP contribution in [-0.4, -0.2) is 77.0 Å². The van der Waals surface area contributed by atoms with Crippen molar-refractivity contribution in [1.29, 1.82) is 0 Å². The molecule has 0 amide bonds. The van der Waals surface area contributed by atoms with Gasteiger partial charge in [-0.05, 0) is 13.0 Å². The minimum atomic E-state index is 0.754. The van der Waals surface area contributed by atoms with E-state index in [1.54, 1.807) is 6.20 Å². The molecule has 9 heteroatoms. The van der Waals surface area contributed by atoms with Crippen LogP contribution in [0.25, 0.3) is 5.52 Å². The molecule has 2 fully saturated rings. The number of aromatic nitrogens is 5. The van der Waals surface area contributed by atoms with Crippen LogP contribution in [0, 0.1) is 6.92 Å². The van der Waals surface area contributed by atoms with E-state index in [0.29, 0.717) is 0 Å². The molecule has 3 aromatic rings. The van der Waals surface area contributed by atoms with E-state index in [4.69, 9.17) is 14.7 Å². The highest BCUT2D eigenvalue weighted by Gasteiger charge is 2.23. The topological polar surface area (TPSA) is 74.9 Å². The monoisotopic (exact) mass is 380 g/mol. The maximum Gasteiger partial charge on any atom is 0.227 e. The number of aryl methyl sites for hydroxylation is 1. The summed E-state index contributed by atoms with van der Waals surface area (Å²) in [6.45, 7) is 8.79. The second-order valence-corrected chi connectivity index (χ2v) is 7.15. The fourth-order valence-corrected chi connectivity index (χ4v) is 3.84. The minimum Gasteiger partial charge on any atom is -0.378 e. The lowest BCUT2D eigenvalue weighted by Gasteiger charge is -2.36. The fourth-order valence-electron chi connectivity index (χ4n) is 3.84. The SMILES string of the molecule is Cc1cc(N2CCOCC2)nc(N2CCN(c3nccn4nccc34)CC2)n1. The fraction of sp³-hybridized carbons (Fsp3) is 0.474. The summed E-state index contributed by atoms with van der Waals surface area (Å²) in [5.74, 6) is 2.80. The minimum absolute atomic E-state index is 0.754. The summed E-state index contributed by atoms with van der Waals surface area (Å²) in [5, 5.41) is 4.31. The third-order valence-corrected chi connectivity index (χ3v) is 5.33. The van der Waals surface area contributed by atoms with Crippen molar-refractivity contribution in [3.63, 3.8) is 0 Å². The molecule has 0 aromatic carbocycles. The molecular formula is C19H24N8O. The predicted molar refractivity (Wildman–Crippen MR) is 107 cm³/mol. The van der Waals surface area contributed by atoms with Crippen LogP contribution in [0.4, 0.5) is 17.6 Å². The summed E-state index contributed by atoms with van der Waals surface area (Å²) in [5.41, 5.74) is 2.04. The number of piperazine rings is 1. The molecule has 0 spiro atoms. The van der Waals surface area contributed by atoms with Gasteiger partial charge in [-0.15, -0.1) is 0 Å². The van der Waals surface area contributed by atoms with Crippen LogP contribution < -0.4 is 14.7 Å². The van der Waals surface area contributed by atoms with E-state index >= 15 is 0 Å². The van der Waals surface area contributed by atoms with E-state index in [9.17, 15) is 0 Å². The summed E-state index contributed by atoms with van der Waals surface area (Å²) in [7, 11) is 0. The van der Waals surface area contributed by atoms with Gasteiger partial charge >= 0.3 is 0 Å². The molecule has 0 atom stereocenters. The molecule has 5 rings (SSSR count). The van der Waals surface area contributed by atoms with Crippen molar-refractivity contribution in [1.82, 2.24) is 24.6 Å². The zero-order chi connectivity index (χ0) is 18.9. The molecule has 146 valence electrons. The van der Waals surface area contributed by atoms with Crippen LogP contribution in [-0.2, 0) is 4.74 Å². The molecule has 2 aliphatic rings. The van der Waals surface area contributed by atoms with Gasteiger partial charge in [0.15, 0.2) is 5.82 Å². The number of hydrogen-bond donors (Lipinski definition) is 0. The van der Waals surface area contributed by atoms with Crippen molar-refractivity contribution >= 4 is 23.1 Å². The average molecular weight is 380 g/mol. The van der Waals surface area contributed by atoms with Crippen LogP contribution in [0.5, 0.6) is 0 Å².